The number of carbonyl (C=O) groups is 8. The molecule has 1 aliphatic heterocycles. The quantitative estimate of drug-likeness (QED) is 0.0369. The van der Waals surface area contributed by atoms with E-state index in [0.29, 0.717) is 13.0 Å². The summed E-state index contributed by atoms with van der Waals surface area (Å²) in [6.45, 7) is 1.54. The maximum Gasteiger partial charge on any atom is 0.243 e. The number of hydrogen-bond donors (Lipinski definition) is 11. The number of rotatable bonds is 37. The van der Waals surface area contributed by atoms with Crippen molar-refractivity contribution in [3.8, 4) is 0 Å². The number of unbranched alkanes of at least 4 members (excludes halogenated alkanes) is 13. The summed E-state index contributed by atoms with van der Waals surface area (Å²) in [6, 6.07) is -4.95. The van der Waals surface area contributed by atoms with Gasteiger partial charge >= 0.3 is 0 Å². The fourth-order valence-corrected chi connectivity index (χ4v) is 6.77. The molecule has 1 aliphatic rings. The minimum absolute atomic E-state index is 0.00154. The Morgan fingerprint density at radius 2 is 0.902 bits per heavy atom. The van der Waals surface area contributed by atoms with Gasteiger partial charge in [-0.25, -0.2) is 0 Å². The lowest BCUT2D eigenvalue weighted by Crippen LogP contribution is -2.58. The van der Waals surface area contributed by atoms with Crippen LogP contribution in [0.3, 0.4) is 0 Å². The molecule has 0 unspecified atom stereocenters. The van der Waals surface area contributed by atoms with Gasteiger partial charge in [-0.05, 0) is 32.1 Å². The average Bonchev–Trinajstić information content (AvgIpc) is 3.69. The van der Waals surface area contributed by atoms with Gasteiger partial charge in [-0.15, -0.1) is 0 Å². The lowest BCUT2D eigenvalue weighted by atomic mass is 10.0. The second kappa shape index (κ2) is 35.3. The molecule has 0 aromatic carbocycles. The van der Waals surface area contributed by atoms with Crippen LogP contribution < -0.4 is 42.5 Å². The molecule has 19 heteroatoms. The van der Waals surface area contributed by atoms with Crippen LogP contribution in [-0.2, 0) is 38.4 Å². The third kappa shape index (κ3) is 27.3. The molecule has 1 saturated heterocycles. The highest BCUT2D eigenvalue weighted by molar-refractivity contribution is 5.97. The molecule has 1 heterocycles. The highest BCUT2D eigenvalue weighted by Gasteiger charge is 2.33. The van der Waals surface area contributed by atoms with Crippen molar-refractivity contribution < 1.29 is 53.7 Å². The van der Waals surface area contributed by atoms with E-state index in [1.54, 1.807) is 0 Å². The zero-order chi connectivity index (χ0) is 45.1. The fraction of sp³-hybridized carbons (Fsp3) is 0.810. The molecular formula is C42H76N8O11. The van der Waals surface area contributed by atoms with Gasteiger partial charge in [0, 0.05) is 51.9 Å². The van der Waals surface area contributed by atoms with Crippen LogP contribution in [0.4, 0.5) is 0 Å². The fourth-order valence-electron chi connectivity index (χ4n) is 6.77. The number of amides is 8. The number of nitrogens with one attached hydrogen (secondary N) is 8. The van der Waals surface area contributed by atoms with Gasteiger partial charge in [-0.2, -0.15) is 0 Å². The molecule has 4 atom stereocenters. The molecule has 350 valence electrons. The number of aliphatic hydroxyl groups excluding tert-OH is 3. The Morgan fingerprint density at radius 3 is 1.28 bits per heavy atom. The van der Waals surface area contributed by atoms with Crippen molar-refractivity contribution in [3.05, 3.63) is 0 Å². The molecular weight excluding hydrogens is 793 g/mol. The zero-order valence-electron chi connectivity index (χ0n) is 36.4. The summed E-state index contributed by atoms with van der Waals surface area (Å²) in [5, 5.41) is 47.8. The zero-order valence-corrected chi connectivity index (χ0v) is 36.4. The Labute approximate surface area is 361 Å². The lowest BCUT2D eigenvalue weighted by Gasteiger charge is -2.26. The van der Waals surface area contributed by atoms with Gasteiger partial charge in [0.1, 0.15) is 24.2 Å². The van der Waals surface area contributed by atoms with Crippen LogP contribution in [0.15, 0.2) is 0 Å². The van der Waals surface area contributed by atoms with Gasteiger partial charge in [0.2, 0.25) is 47.3 Å². The Bertz CT molecular complexity index is 1320. The molecule has 0 radical (unpaired) electrons. The molecule has 0 bridgehead atoms. The van der Waals surface area contributed by atoms with Crippen molar-refractivity contribution in [3.63, 3.8) is 0 Å². The van der Waals surface area contributed by atoms with E-state index in [1.807, 2.05) is 0 Å². The Hall–Kier alpha value is -4.36. The Morgan fingerprint density at radius 1 is 0.525 bits per heavy atom. The number of hydrogen-bond acceptors (Lipinski definition) is 11. The van der Waals surface area contributed by atoms with E-state index < -0.39 is 65.5 Å². The summed E-state index contributed by atoms with van der Waals surface area (Å²) in [6.07, 6.45) is 15.5. The molecule has 1 fully saturated rings. The first kappa shape index (κ1) is 54.7. The van der Waals surface area contributed by atoms with Crippen LogP contribution in [0.5, 0.6) is 0 Å². The molecule has 61 heavy (non-hydrogen) atoms. The molecule has 0 saturated carbocycles. The standard InChI is InChI=1S/C42H76N8O11/c1-2-3-4-5-6-7-8-9-10-11-12-13-14-15-24-46-39(58)31(16-20-35(54)43-25-28-51)48-41(60)33(17-21-36(55)44-26-29-52)50-42(61)34(18-22-37(56)45-27-30-53)49-40(59)32-19-23-38(57)47-32/h31-34,51-53H,2-30H2,1H3,(H,43,54)(H,44,55)(H,45,56)(H,46,58)(H,47,57)(H,48,60)(H,49,59)(H,50,61)/t31-,32-,33-,34-/m0/s1. The monoisotopic (exact) mass is 869 g/mol. The molecule has 0 aliphatic carbocycles. The molecule has 19 nitrogen and oxygen atoms in total. The minimum Gasteiger partial charge on any atom is -0.395 e. The van der Waals surface area contributed by atoms with E-state index in [2.05, 4.69) is 49.5 Å². The average molecular weight is 869 g/mol. The summed E-state index contributed by atoms with van der Waals surface area (Å²) >= 11 is 0. The molecule has 11 N–H and O–H groups in total. The van der Waals surface area contributed by atoms with Gasteiger partial charge in [-0.1, -0.05) is 90.4 Å². The molecule has 0 aromatic heterocycles. The van der Waals surface area contributed by atoms with Crippen molar-refractivity contribution in [2.45, 2.75) is 172 Å². The second-order valence-corrected chi connectivity index (χ2v) is 15.6. The summed E-state index contributed by atoms with van der Waals surface area (Å²) in [5.41, 5.74) is 0. The maximum atomic E-state index is 13.9. The van der Waals surface area contributed by atoms with E-state index in [1.165, 1.54) is 64.2 Å². The van der Waals surface area contributed by atoms with Crippen molar-refractivity contribution in [2.24, 2.45) is 0 Å². The smallest absolute Gasteiger partial charge is 0.243 e. The molecule has 1 rings (SSSR count). The minimum atomic E-state index is -1.44. The van der Waals surface area contributed by atoms with Gasteiger partial charge in [0.05, 0.1) is 19.8 Å². The normalized spacial score (nSPS) is 14.8. The van der Waals surface area contributed by atoms with Crippen molar-refractivity contribution >= 4 is 47.3 Å². The predicted octanol–water partition coefficient (Wildman–Crippen LogP) is -0.0170. The van der Waals surface area contributed by atoms with Gasteiger partial charge < -0.3 is 57.9 Å². The van der Waals surface area contributed by atoms with Crippen molar-refractivity contribution in [1.82, 2.24) is 42.5 Å². The maximum absolute atomic E-state index is 13.9. The van der Waals surface area contributed by atoms with Crippen molar-refractivity contribution in [1.29, 1.82) is 0 Å². The largest absolute Gasteiger partial charge is 0.395 e. The van der Waals surface area contributed by atoms with Crippen molar-refractivity contribution in [2.75, 3.05) is 46.0 Å². The topological polar surface area (TPSA) is 293 Å². The molecule has 0 spiro atoms. The van der Waals surface area contributed by atoms with Crippen LogP contribution in [0, 0.1) is 0 Å². The second-order valence-electron chi connectivity index (χ2n) is 15.6. The van der Waals surface area contributed by atoms with E-state index in [0.717, 1.165) is 19.3 Å². The summed E-state index contributed by atoms with van der Waals surface area (Å²) in [7, 11) is 0. The SMILES string of the molecule is CCCCCCCCCCCCCCCCNC(=O)[C@H](CCC(=O)NCCO)NC(=O)[C@H](CCC(=O)NCCO)NC(=O)[C@H](CCC(=O)NCCO)NC(=O)[C@@H]1CCC(=O)N1. The van der Waals surface area contributed by atoms with Gasteiger partial charge in [0.15, 0.2) is 0 Å². The molecule has 8 amide bonds. The van der Waals surface area contributed by atoms with E-state index in [9.17, 15) is 38.4 Å². The van der Waals surface area contributed by atoms with E-state index in [-0.39, 0.29) is 96.7 Å². The predicted molar refractivity (Wildman–Crippen MR) is 228 cm³/mol. The van der Waals surface area contributed by atoms with Crippen LogP contribution in [-0.4, -0.2) is 133 Å². The van der Waals surface area contributed by atoms with Crippen LogP contribution in [0.25, 0.3) is 0 Å². The highest BCUT2D eigenvalue weighted by atomic mass is 16.3. The van der Waals surface area contributed by atoms with Crippen LogP contribution >= 0.6 is 0 Å². The Balaban J connectivity index is 2.99. The third-order valence-electron chi connectivity index (χ3n) is 10.3. The van der Waals surface area contributed by atoms with Gasteiger partial charge in [-0.3, -0.25) is 38.4 Å². The third-order valence-corrected chi connectivity index (χ3v) is 10.3. The van der Waals surface area contributed by atoms with Crippen LogP contribution in [0.1, 0.15) is 148 Å². The highest BCUT2D eigenvalue weighted by Crippen LogP contribution is 2.13. The number of aliphatic hydroxyl groups is 3. The van der Waals surface area contributed by atoms with E-state index >= 15 is 0 Å². The summed E-state index contributed by atoms with van der Waals surface area (Å²) < 4.78 is 0. The van der Waals surface area contributed by atoms with Crippen LogP contribution in [0.2, 0.25) is 0 Å². The van der Waals surface area contributed by atoms with Gasteiger partial charge in [0.25, 0.3) is 0 Å². The summed E-state index contributed by atoms with van der Waals surface area (Å²) in [4.78, 5) is 103. The van der Waals surface area contributed by atoms with E-state index in [4.69, 9.17) is 15.3 Å². The Kier molecular flexibility index (Phi) is 31.6. The summed E-state index contributed by atoms with van der Waals surface area (Å²) in [5.74, 6) is -4.83. The lowest BCUT2D eigenvalue weighted by molar-refractivity contribution is -0.135. The number of carbonyl (C=O) groups excluding carboxylic acids is 8. The molecule has 0 aromatic rings. The first-order valence-electron chi connectivity index (χ1n) is 22.6. The first-order valence-corrected chi connectivity index (χ1v) is 22.6. The first-order chi connectivity index (χ1) is 29.4.